The standard InChI is InChI=1S/C27H32N6O/c1-4-7-18(5-2)14-29-15-19-8-6-9-21(12-19)24-16-30-26(28)25(31-24)27-32-22-11-10-20(17(3)34)13-23(22)33-27/h6,8-13,16,18,29H,4-5,7,14-15H2,1-3H3,(H2,28,30)(H,32,33). The Morgan fingerprint density at radius 1 is 1.15 bits per heavy atom. The fourth-order valence-electron chi connectivity index (χ4n) is 4.17. The quantitative estimate of drug-likeness (QED) is 0.276. The van der Waals surface area contributed by atoms with Crippen LogP contribution in [0.2, 0.25) is 0 Å². The molecule has 0 saturated heterocycles. The van der Waals surface area contributed by atoms with E-state index in [1.165, 1.54) is 24.8 Å². The molecule has 1 atom stereocenters. The maximum absolute atomic E-state index is 11.7. The van der Waals surface area contributed by atoms with Gasteiger partial charge in [-0.15, -0.1) is 0 Å². The average molecular weight is 457 g/mol. The third kappa shape index (κ3) is 5.31. The van der Waals surface area contributed by atoms with Gasteiger partial charge in [-0.3, -0.25) is 4.79 Å². The van der Waals surface area contributed by atoms with Gasteiger partial charge in [0.1, 0.15) is 5.69 Å². The van der Waals surface area contributed by atoms with Crippen molar-refractivity contribution in [2.24, 2.45) is 5.92 Å². The second-order valence-corrected chi connectivity index (χ2v) is 8.76. The lowest BCUT2D eigenvalue weighted by Gasteiger charge is -2.15. The Bertz CT molecular complexity index is 1300. The van der Waals surface area contributed by atoms with Crippen molar-refractivity contribution in [3.63, 3.8) is 0 Å². The zero-order valence-electron chi connectivity index (χ0n) is 20.1. The number of nitrogen functional groups attached to an aromatic ring is 1. The van der Waals surface area contributed by atoms with Crippen LogP contribution in [0.1, 0.15) is 56.0 Å². The first-order valence-electron chi connectivity index (χ1n) is 11.9. The molecule has 0 amide bonds. The first kappa shape index (κ1) is 23.6. The number of H-pyrrole nitrogens is 1. The summed E-state index contributed by atoms with van der Waals surface area (Å²) in [7, 11) is 0. The normalized spacial score (nSPS) is 12.2. The van der Waals surface area contributed by atoms with E-state index in [9.17, 15) is 4.79 Å². The van der Waals surface area contributed by atoms with Gasteiger partial charge in [0.15, 0.2) is 17.4 Å². The lowest BCUT2D eigenvalue weighted by atomic mass is 10.0. The topological polar surface area (TPSA) is 110 Å². The van der Waals surface area contributed by atoms with Gasteiger partial charge < -0.3 is 16.0 Å². The molecule has 34 heavy (non-hydrogen) atoms. The second-order valence-electron chi connectivity index (χ2n) is 8.76. The highest BCUT2D eigenvalue weighted by Gasteiger charge is 2.14. The van der Waals surface area contributed by atoms with Crippen LogP contribution in [0.15, 0.2) is 48.7 Å². The van der Waals surface area contributed by atoms with Gasteiger partial charge in [-0.05, 0) is 55.6 Å². The predicted octanol–water partition coefficient (Wildman–Crippen LogP) is 5.39. The Balaban J connectivity index is 1.57. The Morgan fingerprint density at radius 3 is 2.76 bits per heavy atom. The van der Waals surface area contributed by atoms with Crippen LogP contribution in [0.4, 0.5) is 5.82 Å². The van der Waals surface area contributed by atoms with Crippen LogP contribution < -0.4 is 11.1 Å². The van der Waals surface area contributed by atoms with E-state index >= 15 is 0 Å². The van der Waals surface area contributed by atoms with Crippen LogP contribution in [-0.4, -0.2) is 32.3 Å². The van der Waals surface area contributed by atoms with Crippen molar-refractivity contribution in [1.29, 1.82) is 0 Å². The highest BCUT2D eigenvalue weighted by Crippen LogP contribution is 2.27. The fourth-order valence-corrected chi connectivity index (χ4v) is 4.17. The number of hydrogen-bond donors (Lipinski definition) is 3. The zero-order valence-corrected chi connectivity index (χ0v) is 20.1. The van der Waals surface area contributed by atoms with Gasteiger partial charge in [0.05, 0.1) is 22.9 Å². The number of fused-ring (bicyclic) bond motifs is 1. The predicted molar refractivity (Wildman–Crippen MR) is 137 cm³/mol. The lowest BCUT2D eigenvalue weighted by Crippen LogP contribution is -2.22. The molecule has 0 bridgehead atoms. The van der Waals surface area contributed by atoms with E-state index in [2.05, 4.69) is 46.2 Å². The Morgan fingerprint density at radius 2 is 2.00 bits per heavy atom. The molecule has 2 heterocycles. The molecule has 4 rings (SSSR count). The third-order valence-corrected chi connectivity index (χ3v) is 6.17. The number of anilines is 1. The van der Waals surface area contributed by atoms with E-state index in [-0.39, 0.29) is 5.78 Å². The van der Waals surface area contributed by atoms with Crippen LogP contribution >= 0.6 is 0 Å². The van der Waals surface area contributed by atoms with Crippen molar-refractivity contribution in [1.82, 2.24) is 25.3 Å². The highest BCUT2D eigenvalue weighted by atomic mass is 16.1. The van der Waals surface area contributed by atoms with E-state index in [0.29, 0.717) is 28.8 Å². The molecule has 0 radical (unpaired) electrons. The maximum Gasteiger partial charge on any atom is 0.161 e. The van der Waals surface area contributed by atoms with Gasteiger partial charge in [-0.1, -0.05) is 44.9 Å². The molecule has 176 valence electrons. The van der Waals surface area contributed by atoms with Gasteiger partial charge in [0.2, 0.25) is 0 Å². The Labute approximate surface area is 200 Å². The minimum absolute atomic E-state index is 0.00398. The molecule has 0 spiro atoms. The first-order chi connectivity index (χ1) is 16.5. The summed E-state index contributed by atoms with van der Waals surface area (Å²) in [5.74, 6) is 1.55. The Hall–Kier alpha value is -3.58. The van der Waals surface area contributed by atoms with Crippen LogP contribution in [0, 0.1) is 5.92 Å². The van der Waals surface area contributed by atoms with Crippen molar-refractivity contribution in [3.05, 3.63) is 59.8 Å². The van der Waals surface area contributed by atoms with Gasteiger partial charge >= 0.3 is 0 Å². The minimum atomic E-state index is 0.00398. The summed E-state index contributed by atoms with van der Waals surface area (Å²) in [6.45, 7) is 7.87. The van der Waals surface area contributed by atoms with E-state index in [1.54, 1.807) is 25.3 Å². The lowest BCUT2D eigenvalue weighted by molar-refractivity contribution is 0.101. The molecule has 0 fully saturated rings. The summed E-state index contributed by atoms with van der Waals surface area (Å²) in [5, 5.41) is 3.59. The number of hydrogen-bond acceptors (Lipinski definition) is 6. The van der Waals surface area contributed by atoms with E-state index in [4.69, 9.17) is 10.7 Å². The number of Topliss-reactive ketones (excluding diaryl/α,β-unsaturated/α-hetero) is 1. The summed E-state index contributed by atoms with van der Waals surface area (Å²) in [5.41, 5.74) is 11.7. The van der Waals surface area contributed by atoms with Crippen molar-refractivity contribution >= 4 is 22.6 Å². The SMILES string of the molecule is CCCC(CC)CNCc1cccc(-c2cnc(N)c(-c3nc4ccc(C(C)=O)cc4[nH]3)n2)c1. The summed E-state index contributed by atoms with van der Waals surface area (Å²) >= 11 is 0. The van der Waals surface area contributed by atoms with Gasteiger partial charge in [0.25, 0.3) is 0 Å². The molecule has 4 N–H and O–H groups in total. The molecular weight excluding hydrogens is 424 g/mol. The number of aromatic nitrogens is 4. The molecule has 0 aliphatic carbocycles. The number of nitrogens with one attached hydrogen (secondary N) is 2. The largest absolute Gasteiger partial charge is 0.382 e. The number of ketones is 1. The van der Waals surface area contributed by atoms with Crippen LogP contribution in [0.25, 0.3) is 33.8 Å². The number of carbonyl (C=O) groups is 1. The average Bonchev–Trinajstić information content (AvgIpc) is 3.27. The zero-order chi connectivity index (χ0) is 24.1. The first-order valence-corrected chi connectivity index (χ1v) is 11.9. The maximum atomic E-state index is 11.7. The minimum Gasteiger partial charge on any atom is -0.382 e. The number of carbonyl (C=O) groups excluding carboxylic acids is 1. The molecule has 2 aromatic carbocycles. The van der Waals surface area contributed by atoms with Crippen molar-refractivity contribution in [2.75, 3.05) is 12.3 Å². The Kier molecular flexibility index (Phi) is 7.33. The summed E-state index contributed by atoms with van der Waals surface area (Å²) in [4.78, 5) is 28.7. The molecule has 4 aromatic rings. The number of rotatable bonds is 10. The number of benzene rings is 2. The number of nitrogens with two attached hydrogens (primary N) is 1. The summed E-state index contributed by atoms with van der Waals surface area (Å²) < 4.78 is 0. The molecule has 1 unspecified atom stereocenters. The molecule has 7 heteroatoms. The van der Waals surface area contributed by atoms with Crippen molar-refractivity contribution in [2.45, 2.75) is 46.6 Å². The smallest absolute Gasteiger partial charge is 0.161 e. The summed E-state index contributed by atoms with van der Waals surface area (Å²) in [6.07, 6.45) is 5.36. The second kappa shape index (κ2) is 10.6. The van der Waals surface area contributed by atoms with E-state index in [0.717, 1.165) is 35.4 Å². The van der Waals surface area contributed by atoms with E-state index < -0.39 is 0 Å². The number of aromatic amines is 1. The number of imidazole rings is 1. The van der Waals surface area contributed by atoms with Gasteiger partial charge in [-0.25, -0.2) is 15.0 Å². The number of nitrogens with zero attached hydrogens (tertiary/aromatic N) is 3. The molecule has 7 nitrogen and oxygen atoms in total. The fraction of sp³-hybridized carbons (Fsp3) is 0.333. The molecule has 0 saturated carbocycles. The van der Waals surface area contributed by atoms with Gasteiger partial charge in [0, 0.05) is 17.7 Å². The van der Waals surface area contributed by atoms with Crippen LogP contribution in [-0.2, 0) is 6.54 Å². The van der Waals surface area contributed by atoms with Crippen molar-refractivity contribution < 1.29 is 4.79 Å². The van der Waals surface area contributed by atoms with Gasteiger partial charge in [-0.2, -0.15) is 0 Å². The molecule has 2 aromatic heterocycles. The van der Waals surface area contributed by atoms with Crippen molar-refractivity contribution in [3.8, 4) is 22.8 Å². The third-order valence-electron chi connectivity index (χ3n) is 6.17. The van der Waals surface area contributed by atoms with Crippen LogP contribution in [0.5, 0.6) is 0 Å². The molecule has 0 aliphatic rings. The molecule has 0 aliphatic heterocycles. The highest BCUT2D eigenvalue weighted by molar-refractivity contribution is 5.97. The monoisotopic (exact) mass is 456 g/mol. The van der Waals surface area contributed by atoms with Crippen LogP contribution in [0.3, 0.4) is 0 Å². The molecular formula is C27H32N6O. The van der Waals surface area contributed by atoms with E-state index in [1.807, 2.05) is 18.2 Å². The summed E-state index contributed by atoms with van der Waals surface area (Å²) in [6, 6.07) is 13.7.